The predicted octanol–water partition coefficient (Wildman–Crippen LogP) is 1.34. The second-order valence-corrected chi connectivity index (χ2v) is 2.80. The molecule has 2 rings (SSSR count). The molecule has 0 aliphatic heterocycles. The van der Waals surface area contributed by atoms with Crippen molar-refractivity contribution in [3.05, 3.63) is 36.4 Å². The Hall–Kier alpha value is -2.24. The van der Waals surface area contributed by atoms with Crippen LogP contribution in [0, 0.1) is 5.82 Å². The van der Waals surface area contributed by atoms with Gasteiger partial charge in [-0.25, -0.2) is 14.4 Å². The molecule has 0 radical (unpaired) electrons. The summed E-state index contributed by atoms with van der Waals surface area (Å²) >= 11 is 0. The molecule has 0 fully saturated rings. The lowest BCUT2D eigenvalue weighted by molar-refractivity contribution is 0.628. The minimum Gasteiger partial charge on any atom is -0.368 e. The predicted molar refractivity (Wildman–Crippen MR) is 53.9 cm³/mol. The molecule has 0 aliphatic rings. The standard InChI is InChI=1S/C9H8FN5/c10-6-2-1-3-7(4-6)14-9-13-5-12-8(11)15-9/h1-5H,(H3,11,12,13,14,15). The maximum absolute atomic E-state index is 12.8. The number of nitrogens with zero attached hydrogens (tertiary/aromatic N) is 3. The number of hydrogen-bond acceptors (Lipinski definition) is 5. The van der Waals surface area contributed by atoms with E-state index in [0.29, 0.717) is 5.69 Å². The van der Waals surface area contributed by atoms with Crippen LogP contribution >= 0.6 is 0 Å². The van der Waals surface area contributed by atoms with Crippen LogP contribution in [0.4, 0.5) is 22.0 Å². The van der Waals surface area contributed by atoms with E-state index in [0.717, 1.165) is 0 Å². The lowest BCUT2D eigenvalue weighted by Gasteiger charge is -2.03. The molecule has 0 aliphatic carbocycles. The molecule has 0 saturated carbocycles. The Bertz CT molecular complexity index is 430. The topological polar surface area (TPSA) is 76.7 Å². The average Bonchev–Trinajstić information content (AvgIpc) is 2.17. The van der Waals surface area contributed by atoms with Gasteiger partial charge in [0.2, 0.25) is 11.9 Å². The smallest absolute Gasteiger partial charge is 0.231 e. The first-order chi connectivity index (χ1) is 7.24. The molecule has 2 aromatic rings. The molecule has 0 atom stereocenters. The van der Waals surface area contributed by atoms with Crippen LogP contribution in [0.3, 0.4) is 0 Å². The van der Waals surface area contributed by atoms with E-state index < -0.39 is 0 Å². The Morgan fingerprint density at radius 1 is 1.27 bits per heavy atom. The van der Waals surface area contributed by atoms with E-state index in [1.54, 1.807) is 12.1 Å². The van der Waals surface area contributed by atoms with Gasteiger partial charge in [-0.1, -0.05) is 6.07 Å². The summed E-state index contributed by atoms with van der Waals surface area (Å²) in [6.45, 7) is 0. The van der Waals surface area contributed by atoms with E-state index in [9.17, 15) is 4.39 Å². The number of halogens is 1. The lowest BCUT2D eigenvalue weighted by atomic mass is 10.3. The quantitative estimate of drug-likeness (QED) is 0.773. The molecule has 76 valence electrons. The van der Waals surface area contributed by atoms with E-state index in [1.165, 1.54) is 18.5 Å². The highest BCUT2D eigenvalue weighted by Crippen LogP contribution is 2.13. The molecule has 5 nitrogen and oxygen atoms in total. The fraction of sp³-hybridized carbons (Fsp3) is 0. The molecule has 0 bridgehead atoms. The van der Waals surface area contributed by atoms with Gasteiger partial charge in [0.25, 0.3) is 0 Å². The summed E-state index contributed by atoms with van der Waals surface area (Å²) in [5.41, 5.74) is 5.92. The first kappa shape index (κ1) is 9.32. The Morgan fingerprint density at radius 3 is 2.87 bits per heavy atom. The molecule has 0 spiro atoms. The minimum absolute atomic E-state index is 0.115. The van der Waals surface area contributed by atoms with Crippen LogP contribution in [0.5, 0.6) is 0 Å². The Balaban J connectivity index is 2.22. The third-order valence-corrected chi connectivity index (χ3v) is 1.67. The zero-order valence-electron chi connectivity index (χ0n) is 7.68. The number of nitrogen functional groups attached to an aromatic ring is 1. The first-order valence-electron chi connectivity index (χ1n) is 4.21. The fourth-order valence-corrected chi connectivity index (χ4v) is 1.06. The van der Waals surface area contributed by atoms with Gasteiger partial charge in [-0.15, -0.1) is 0 Å². The van der Waals surface area contributed by atoms with Gasteiger partial charge in [0.15, 0.2) is 0 Å². The van der Waals surface area contributed by atoms with Crippen molar-refractivity contribution in [2.75, 3.05) is 11.1 Å². The van der Waals surface area contributed by atoms with Gasteiger partial charge < -0.3 is 11.1 Å². The van der Waals surface area contributed by atoms with Crippen LogP contribution < -0.4 is 11.1 Å². The van der Waals surface area contributed by atoms with Crippen LogP contribution in [-0.4, -0.2) is 15.0 Å². The highest BCUT2D eigenvalue weighted by Gasteiger charge is 1.99. The van der Waals surface area contributed by atoms with Crippen molar-refractivity contribution in [3.8, 4) is 0 Å². The van der Waals surface area contributed by atoms with Gasteiger partial charge in [-0.2, -0.15) is 4.98 Å². The first-order valence-corrected chi connectivity index (χ1v) is 4.21. The van der Waals surface area contributed by atoms with Gasteiger partial charge in [0, 0.05) is 5.69 Å². The lowest BCUT2D eigenvalue weighted by Crippen LogP contribution is -2.01. The summed E-state index contributed by atoms with van der Waals surface area (Å²) in [6.07, 6.45) is 1.28. The number of hydrogen-bond donors (Lipinski definition) is 2. The number of nitrogens with two attached hydrogens (primary N) is 1. The van der Waals surface area contributed by atoms with E-state index in [2.05, 4.69) is 20.3 Å². The fourth-order valence-electron chi connectivity index (χ4n) is 1.06. The van der Waals surface area contributed by atoms with Gasteiger partial charge in [0.05, 0.1) is 0 Å². The molecule has 1 heterocycles. The van der Waals surface area contributed by atoms with Crippen LogP contribution in [0.2, 0.25) is 0 Å². The molecule has 15 heavy (non-hydrogen) atoms. The summed E-state index contributed by atoms with van der Waals surface area (Å²) in [4.78, 5) is 11.3. The van der Waals surface area contributed by atoms with E-state index in [1.807, 2.05) is 0 Å². The maximum Gasteiger partial charge on any atom is 0.231 e. The zero-order valence-corrected chi connectivity index (χ0v) is 7.68. The van der Waals surface area contributed by atoms with Crippen molar-refractivity contribution >= 4 is 17.6 Å². The van der Waals surface area contributed by atoms with Crippen molar-refractivity contribution < 1.29 is 4.39 Å². The molecule has 0 unspecified atom stereocenters. The Labute approximate surface area is 85.2 Å². The van der Waals surface area contributed by atoms with Crippen molar-refractivity contribution in [2.24, 2.45) is 0 Å². The molecular weight excluding hydrogens is 197 g/mol. The second kappa shape index (κ2) is 3.87. The molecule has 0 saturated heterocycles. The van der Waals surface area contributed by atoms with Crippen molar-refractivity contribution in [2.45, 2.75) is 0 Å². The summed E-state index contributed by atoms with van der Waals surface area (Å²) < 4.78 is 12.8. The van der Waals surface area contributed by atoms with Crippen LogP contribution in [-0.2, 0) is 0 Å². The van der Waals surface area contributed by atoms with Gasteiger partial charge in [0.1, 0.15) is 12.1 Å². The zero-order chi connectivity index (χ0) is 10.7. The number of anilines is 3. The molecule has 6 heteroatoms. The Kier molecular flexibility index (Phi) is 2.40. The molecule has 3 N–H and O–H groups in total. The van der Waals surface area contributed by atoms with Gasteiger partial charge in [-0.05, 0) is 18.2 Å². The monoisotopic (exact) mass is 205 g/mol. The molecule has 0 amide bonds. The highest BCUT2D eigenvalue weighted by atomic mass is 19.1. The third-order valence-electron chi connectivity index (χ3n) is 1.67. The van der Waals surface area contributed by atoms with E-state index >= 15 is 0 Å². The number of aromatic nitrogens is 3. The minimum atomic E-state index is -0.331. The SMILES string of the molecule is Nc1ncnc(Nc2cccc(F)c2)n1. The third kappa shape index (κ3) is 2.37. The average molecular weight is 205 g/mol. The maximum atomic E-state index is 12.8. The van der Waals surface area contributed by atoms with Crippen molar-refractivity contribution in [3.63, 3.8) is 0 Å². The summed E-state index contributed by atoms with van der Waals surface area (Å²) in [7, 11) is 0. The van der Waals surface area contributed by atoms with E-state index in [-0.39, 0.29) is 17.7 Å². The van der Waals surface area contributed by atoms with Crippen LogP contribution in [0.1, 0.15) is 0 Å². The van der Waals surface area contributed by atoms with E-state index in [4.69, 9.17) is 5.73 Å². The highest BCUT2D eigenvalue weighted by molar-refractivity contribution is 5.53. The van der Waals surface area contributed by atoms with Crippen LogP contribution in [0.25, 0.3) is 0 Å². The number of benzene rings is 1. The summed E-state index contributed by atoms with van der Waals surface area (Å²) in [6, 6.07) is 5.97. The summed E-state index contributed by atoms with van der Waals surface area (Å²) in [5.74, 6) is 0.0685. The van der Waals surface area contributed by atoms with Gasteiger partial charge >= 0.3 is 0 Å². The Morgan fingerprint density at radius 2 is 2.13 bits per heavy atom. The largest absolute Gasteiger partial charge is 0.368 e. The van der Waals surface area contributed by atoms with Crippen LogP contribution in [0.15, 0.2) is 30.6 Å². The van der Waals surface area contributed by atoms with Gasteiger partial charge in [-0.3, -0.25) is 0 Å². The second-order valence-electron chi connectivity index (χ2n) is 2.80. The van der Waals surface area contributed by atoms with Crippen molar-refractivity contribution in [1.82, 2.24) is 15.0 Å². The molecule has 1 aromatic heterocycles. The molecular formula is C9H8FN5. The molecule has 1 aromatic carbocycles. The van der Waals surface area contributed by atoms with Crippen molar-refractivity contribution in [1.29, 1.82) is 0 Å². The number of rotatable bonds is 2. The normalized spacial score (nSPS) is 9.93. The number of nitrogens with one attached hydrogen (secondary N) is 1. The summed E-state index contributed by atoms with van der Waals surface area (Å²) in [5, 5.41) is 2.80.